The Morgan fingerprint density at radius 3 is 2.47 bits per heavy atom. The molecule has 0 saturated heterocycles. The maximum atomic E-state index is 11.5. The number of hydrogen-bond acceptors (Lipinski definition) is 3. The number of nitrogens with one attached hydrogen (secondary N) is 1. The molecule has 0 unspecified atom stereocenters. The molecule has 0 aromatic heterocycles. The first kappa shape index (κ1) is 11.7. The van der Waals surface area contributed by atoms with Crippen molar-refractivity contribution in [2.45, 2.75) is 0 Å². The predicted octanol–water partition coefficient (Wildman–Crippen LogP) is 1.72. The van der Waals surface area contributed by atoms with Crippen LogP contribution in [0.5, 0.6) is 11.5 Å². The number of ether oxygens (including phenoxy) is 2. The van der Waals surface area contributed by atoms with Crippen molar-refractivity contribution >= 4 is 17.5 Å². The lowest BCUT2D eigenvalue weighted by atomic mass is 10.1. The molecule has 0 aliphatic heterocycles. The highest BCUT2D eigenvalue weighted by atomic mass is 35.5. The summed E-state index contributed by atoms with van der Waals surface area (Å²) in [5.74, 6) is 0.535. The quantitative estimate of drug-likeness (QED) is 0.859. The van der Waals surface area contributed by atoms with Gasteiger partial charge in [-0.2, -0.15) is 0 Å². The Labute approximate surface area is 93.1 Å². The van der Waals surface area contributed by atoms with E-state index in [1.807, 2.05) is 0 Å². The molecule has 0 saturated carbocycles. The van der Waals surface area contributed by atoms with Crippen LogP contribution in [0.4, 0.5) is 0 Å². The average molecular weight is 230 g/mol. The normalized spacial score (nSPS) is 9.60. The molecule has 1 N–H and O–H groups in total. The Bertz CT molecular complexity index is 379. The van der Waals surface area contributed by atoms with Gasteiger partial charge in [0.05, 0.1) is 19.8 Å². The van der Waals surface area contributed by atoms with Crippen LogP contribution in [0.3, 0.4) is 0 Å². The summed E-state index contributed by atoms with van der Waals surface area (Å²) in [5.41, 5.74) is 0.380. The van der Waals surface area contributed by atoms with Gasteiger partial charge in [0.1, 0.15) is 10.8 Å². The fourth-order valence-corrected chi connectivity index (χ4v) is 1.53. The molecular weight excluding hydrogens is 218 g/mol. The summed E-state index contributed by atoms with van der Waals surface area (Å²) in [4.78, 5) is 11.5. The zero-order chi connectivity index (χ0) is 11.4. The van der Waals surface area contributed by atoms with Crippen molar-refractivity contribution in [1.29, 1.82) is 0 Å². The van der Waals surface area contributed by atoms with E-state index in [-0.39, 0.29) is 5.91 Å². The molecule has 5 heteroatoms. The van der Waals surface area contributed by atoms with E-state index in [0.29, 0.717) is 22.1 Å². The van der Waals surface area contributed by atoms with Gasteiger partial charge in [-0.25, -0.2) is 0 Å². The predicted molar refractivity (Wildman–Crippen MR) is 57.9 cm³/mol. The SMILES string of the molecule is CNC(=O)c1ccc(OC)c(Cl)c1OC. The Morgan fingerprint density at radius 1 is 1.33 bits per heavy atom. The van der Waals surface area contributed by atoms with Crippen molar-refractivity contribution in [3.05, 3.63) is 22.7 Å². The Morgan fingerprint density at radius 2 is 2.00 bits per heavy atom. The first-order valence-electron chi connectivity index (χ1n) is 4.28. The van der Waals surface area contributed by atoms with E-state index >= 15 is 0 Å². The van der Waals surface area contributed by atoms with Crippen molar-refractivity contribution in [2.24, 2.45) is 0 Å². The zero-order valence-electron chi connectivity index (χ0n) is 8.76. The van der Waals surface area contributed by atoms with Gasteiger partial charge in [0, 0.05) is 7.05 Å². The number of carbonyl (C=O) groups excluding carboxylic acids is 1. The monoisotopic (exact) mass is 229 g/mol. The summed E-state index contributed by atoms with van der Waals surface area (Å²) in [6.45, 7) is 0. The second-order valence-electron chi connectivity index (χ2n) is 2.74. The standard InChI is InChI=1S/C10H12ClNO3/c1-12-10(13)6-4-5-7(14-2)8(11)9(6)15-3/h4-5H,1-3H3,(H,12,13). The number of methoxy groups -OCH3 is 2. The first-order valence-corrected chi connectivity index (χ1v) is 4.66. The van der Waals surface area contributed by atoms with Gasteiger partial charge in [-0.15, -0.1) is 0 Å². The molecule has 15 heavy (non-hydrogen) atoms. The van der Waals surface area contributed by atoms with Crippen LogP contribution in [0.15, 0.2) is 12.1 Å². The molecular formula is C10H12ClNO3. The van der Waals surface area contributed by atoms with E-state index in [4.69, 9.17) is 21.1 Å². The number of carbonyl (C=O) groups is 1. The van der Waals surface area contributed by atoms with Crippen molar-refractivity contribution in [2.75, 3.05) is 21.3 Å². The van der Waals surface area contributed by atoms with Gasteiger partial charge in [-0.1, -0.05) is 11.6 Å². The minimum Gasteiger partial charge on any atom is -0.495 e. The highest BCUT2D eigenvalue weighted by Crippen LogP contribution is 2.36. The smallest absolute Gasteiger partial charge is 0.254 e. The van der Waals surface area contributed by atoms with Gasteiger partial charge >= 0.3 is 0 Å². The molecule has 1 aromatic carbocycles. The Balaban J connectivity index is 3.30. The molecule has 1 amide bonds. The first-order chi connectivity index (χ1) is 7.15. The largest absolute Gasteiger partial charge is 0.495 e. The lowest BCUT2D eigenvalue weighted by Crippen LogP contribution is -2.18. The third-order valence-corrected chi connectivity index (χ3v) is 2.32. The highest BCUT2D eigenvalue weighted by molar-refractivity contribution is 6.34. The Kier molecular flexibility index (Phi) is 3.80. The number of rotatable bonds is 3. The summed E-state index contributed by atoms with van der Waals surface area (Å²) in [5, 5.41) is 2.79. The number of hydrogen-bond donors (Lipinski definition) is 1. The van der Waals surface area contributed by atoms with E-state index in [0.717, 1.165) is 0 Å². The number of benzene rings is 1. The van der Waals surface area contributed by atoms with Crippen molar-refractivity contribution < 1.29 is 14.3 Å². The molecule has 0 fully saturated rings. The van der Waals surface area contributed by atoms with Gasteiger partial charge in [-0.3, -0.25) is 4.79 Å². The molecule has 0 spiro atoms. The van der Waals surface area contributed by atoms with E-state index in [1.165, 1.54) is 14.2 Å². The van der Waals surface area contributed by atoms with Gasteiger partial charge < -0.3 is 14.8 Å². The van der Waals surface area contributed by atoms with Crippen LogP contribution in [0, 0.1) is 0 Å². The van der Waals surface area contributed by atoms with Crippen molar-refractivity contribution in [3.8, 4) is 11.5 Å². The van der Waals surface area contributed by atoms with Crippen molar-refractivity contribution in [1.82, 2.24) is 5.32 Å². The summed E-state index contributed by atoms with van der Waals surface area (Å²) in [6.07, 6.45) is 0. The fraction of sp³-hybridized carbons (Fsp3) is 0.300. The second-order valence-corrected chi connectivity index (χ2v) is 3.12. The third kappa shape index (κ3) is 2.15. The molecule has 0 aliphatic rings. The maximum Gasteiger partial charge on any atom is 0.254 e. The van der Waals surface area contributed by atoms with Crippen LogP contribution in [0.25, 0.3) is 0 Å². The lowest BCUT2D eigenvalue weighted by molar-refractivity contribution is 0.0960. The van der Waals surface area contributed by atoms with E-state index in [9.17, 15) is 4.79 Å². The molecule has 0 atom stereocenters. The average Bonchev–Trinajstić information content (AvgIpc) is 2.27. The second kappa shape index (κ2) is 4.89. The highest BCUT2D eigenvalue weighted by Gasteiger charge is 2.17. The lowest BCUT2D eigenvalue weighted by Gasteiger charge is -2.11. The summed E-state index contributed by atoms with van der Waals surface area (Å²) < 4.78 is 10.1. The number of halogens is 1. The van der Waals surface area contributed by atoms with Gasteiger partial charge in [0.2, 0.25) is 0 Å². The topological polar surface area (TPSA) is 47.6 Å². The molecule has 0 radical (unpaired) electrons. The molecule has 0 aliphatic carbocycles. The van der Waals surface area contributed by atoms with Crippen LogP contribution in [0.2, 0.25) is 5.02 Å². The van der Waals surface area contributed by atoms with E-state index in [2.05, 4.69) is 5.32 Å². The minimum absolute atomic E-state index is 0.253. The van der Waals surface area contributed by atoms with Crippen molar-refractivity contribution in [3.63, 3.8) is 0 Å². The summed E-state index contributed by atoms with van der Waals surface area (Å²) in [7, 11) is 4.49. The van der Waals surface area contributed by atoms with Gasteiger partial charge in [-0.05, 0) is 12.1 Å². The van der Waals surface area contributed by atoms with Crippen LogP contribution in [-0.2, 0) is 0 Å². The fourth-order valence-electron chi connectivity index (χ4n) is 1.21. The minimum atomic E-state index is -0.253. The van der Waals surface area contributed by atoms with Crippen LogP contribution in [0.1, 0.15) is 10.4 Å². The van der Waals surface area contributed by atoms with Crippen LogP contribution >= 0.6 is 11.6 Å². The number of amides is 1. The maximum absolute atomic E-state index is 11.5. The van der Waals surface area contributed by atoms with Crippen LogP contribution < -0.4 is 14.8 Å². The van der Waals surface area contributed by atoms with Gasteiger partial charge in [0.15, 0.2) is 5.75 Å². The third-order valence-electron chi connectivity index (χ3n) is 1.96. The molecule has 0 heterocycles. The zero-order valence-corrected chi connectivity index (χ0v) is 9.51. The van der Waals surface area contributed by atoms with Crippen LogP contribution in [-0.4, -0.2) is 27.2 Å². The molecule has 0 bridgehead atoms. The van der Waals surface area contributed by atoms with Gasteiger partial charge in [0.25, 0.3) is 5.91 Å². The Hall–Kier alpha value is -1.42. The molecule has 4 nitrogen and oxygen atoms in total. The molecule has 1 aromatic rings. The van der Waals surface area contributed by atoms with E-state index in [1.54, 1.807) is 19.2 Å². The molecule has 82 valence electrons. The summed E-state index contributed by atoms with van der Waals surface area (Å²) in [6, 6.07) is 3.22. The van der Waals surface area contributed by atoms with E-state index < -0.39 is 0 Å². The molecule has 1 rings (SSSR count). The summed E-state index contributed by atoms with van der Waals surface area (Å²) >= 11 is 5.99.